The van der Waals surface area contributed by atoms with E-state index in [2.05, 4.69) is 11.1 Å². The minimum atomic E-state index is -0.331. The van der Waals surface area contributed by atoms with Gasteiger partial charge in [0.2, 0.25) is 0 Å². The number of hydrogen-bond acceptors (Lipinski definition) is 4. The molecule has 4 nitrogen and oxygen atoms in total. The van der Waals surface area contributed by atoms with E-state index in [-0.39, 0.29) is 5.60 Å². The lowest BCUT2D eigenvalue weighted by molar-refractivity contribution is -0.129. The lowest BCUT2D eigenvalue weighted by Gasteiger charge is -2.36. The van der Waals surface area contributed by atoms with Gasteiger partial charge in [0.05, 0.1) is 18.7 Å². The molecule has 1 aromatic carbocycles. The number of hydrogen-bond donors (Lipinski definition) is 1. The fourth-order valence-corrected chi connectivity index (χ4v) is 2.67. The van der Waals surface area contributed by atoms with Crippen molar-refractivity contribution in [2.24, 2.45) is 5.73 Å². The summed E-state index contributed by atoms with van der Waals surface area (Å²) in [5.41, 5.74) is 7.71. The third-order valence-electron chi connectivity index (χ3n) is 3.93. The molecular formula is C16H20N2O2. The van der Waals surface area contributed by atoms with Crippen molar-refractivity contribution in [3.05, 3.63) is 42.1 Å². The fraction of sp³-hybridized carbons (Fsp3) is 0.438. The summed E-state index contributed by atoms with van der Waals surface area (Å²) in [5, 5.41) is 1.14. The Morgan fingerprint density at radius 3 is 3.00 bits per heavy atom. The predicted octanol–water partition coefficient (Wildman–Crippen LogP) is 2.26. The molecule has 1 atom stereocenters. The molecule has 3 rings (SSSR count). The molecule has 1 fully saturated rings. The first-order chi connectivity index (χ1) is 9.83. The SMILES string of the molecule is NCC1(OCc2ccnc3ccccc23)CCCOC1. The molecule has 2 heterocycles. The van der Waals surface area contributed by atoms with Crippen molar-refractivity contribution in [1.82, 2.24) is 4.98 Å². The van der Waals surface area contributed by atoms with Gasteiger partial charge in [-0.2, -0.15) is 0 Å². The van der Waals surface area contributed by atoms with Crippen LogP contribution >= 0.6 is 0 Å². The summed E-state index contributed by atoms with van der Waals surface area (Å²) in [6, 6.07) is 10.1. The molecule has 20 heavy (non-hydrogen) atoms. The average Bonchev–Trinajstić information content (AvgIpc) is 2.54. The summed E-state index contributed by atoms with van der Waals surface area (Å²) in [5.74, 6) is 0. The second kappa shape index (κ2) is 5.87. The zero-order valence-electron chi connectivity index (χ0n) is 11.5. The lowest BCUT2D eigenvalue weighted by atomic mass is 9.96. The van der Waals surface area contributed by atoms with Crippen LogP contribution in [-0.2, 0) is 16.1 Å². The first kappa shape index (κ1) is 13.5. The van der Waals surface area contributed by atoms with Crippen LogP contribution in [0.15, 0.2) is 36.5 Å². The van der Waals surface area contributed by atoms with Gasteiger partial charge in [0.15, 0.2) is 0 Å². The molecule has 0 radical (unpaired) electrons. The summed E-state index contributed by atoms with van der Waals surface area (Å²) in [4.78, 5) is 4.37. The minimum absolute atomic E-state index is 0.331. The van der Waals surface area contributed by atoms with Crippen LogP contribution in [-0.4, -0.2) is 30.3 Å². The van der Waals surface area contributed by atoms with E-state index in [1.54, 1.807) is 0 Å². The Hall–Kier alpha value is -1.49. The van der Waals surface area contributed by atoms with E-state index < -0.39 is 0 Å². The zero-order valence-corrected chi connectivity index (χ0v) is 11.5. The van der Waals surface area contributed by atoms with E-state index in [1.807, 2.05) is 30.5 Å². The first-order valence-electron chi connectivity index (χ1n) is 7.07. The van der Waals surface area contributed by atoms with Gasteiger partial charge < -0.3 is 15.2 Å². The maximum absolute atomic E-state index is 6.14. The van der Waals surface area contributed by atoms with E-state index in [9.17, 15) is 0 Å². The summed E-state index contributed by atoms with van der Waals surface area (Å²) >= 11 is 0. The Kier molecular flexibility index (Phi) is 3.96. The molecule has 106 valence electrons. The molecule has 1 aromatic heterocycles. The molecule has 0 spiro atoms. The van der Waals surface area contributed by atoms with Crippen LogP contribution in [0.2, 0.25) is 0 Å². The summed E-state index contributed by atoms with van der Waals surface area (Å²) in [6.07, 6.45) is 3.80. The van der Waals surface area contributed by atoms with Gasteiger partial charge in [0, 0.05) is 24.7 Å². The standard InChI is InChI=1S/C16H20N2O2/c17-11-16(7-3-9-19-12-16)20-10-13-6-8-18-15-5-2-1-4-14(13)15/h1-2,4-6,8H,3,7,9-12,17H2. The average molecular weight is 272 g/mol. The number of fused-ring (bicyclic) bond motifs is 1. The molecule has 1 aliphatic rings. The number of pyridine rings is 1. The molecule has 2 aromatic rings. The van der Waals surface area contributed by atoms with Crippen LogP contribution in [0.1, 0.15) is 18.4 Å². The van der Waals surface area contributed by atoms with Crippen LogP contribution in [0.4, 0.5) is 0 Å². The third-order valence-corrected chi connectivity index (χ3v) is 3.93. The van der Waals surface area contributed by atoms with E-state index in [4.69, 9.17) is 15.2 Å². The Morgan fingerprint density at radius 2 is 2.20 bits per heavy atom. The first-order valence-corrected chi connectivity index (χ1v) is 7.07. The smallest absolute Gasteiger partial charge is 0.104 e. The van der Waals surface area contributed by atoms with Crippen molar-refractivity contribution >= 4 is 10.9 Å². The lowest BCUT2D eigenvalue weighted by Crippen LogP contribution is -2.47. The molecule has 4 heteroatoms. The van der Waals surface area contributed by atoms with E-state index in [0.717, 1.165) is 35.9 Å². The Bertz CT molecular complexity index is 574. The summed E-state index contributed by atoms with van der Waals surface area (Å²) < 4.78 is 11.7. The largest absolute Gasteiger partial charge is 0.378 e. The number of benzene rings is 1. The second-order valence-corrected chi connectivity index (χ2v) is 5.32. The maximum Gasteiger partial charge on any atom is 0.104 e. The summed E-state index contributed by atoms with van der Waals surface area (Å²) in [6.45, 7) is 2.44. The Balaban J connectivity index is 1.79. The van der Waals surface area contributed by atoms with Crippen molar-refractivity contribution < 1.29 is 9.47 Å². The predicted molar refractivity (Wildman–Crippen MR) is 78.4 cm³/mol. The summed E-state index contributed by atoms with van der Waals surface area (Å²) in [7, 11) is 0. The molecule has 2 N–H and O–H groups in total. The van der Waals surface area contributed by atoms with Gasteiger partial charge in [-0.3, -0.25) is 4.98 Å². The highest BCUT2D eigenvalue weighted by molar-refractivity contribution is 5.81. The van der Waals surface area contributed by atoms with Gasteiger partial charge in [-0.25, -0.2) is 0 Å². The topological polar surface area (TPSA) is 57.4 Å². The number of rotatable bonds is 4. The fourth-order valence-electron chi connectivity index (χ4n) is 2.67. The monoisotopic (exact) mass is 272 g/mol. The highest BCUT2D eigenvalue weighted by atomic mass is 16.5. The van der Waals surface area contributed by atoms with Crippen molar-refractivity contribution in [2.75, 3.05) is 19.8 Å². The molecule has 0 bridgehead atoms. The highest BCUT2D eigenvalue weighted by Crippen LogP contribution is 2.25. The van der Waals surface area contributed by atoms with E-state index >= 15 is 0 Å². The second-order valence-electron chi connectivity index (χ2n) is 5.32. The molecule has 0 amide bonds. The van der Waals surface area contributed by atoms with Crippen molar-refractivity contribution in [3.63, 3.8) is 0 Å². The van der Waals surface area contributed by atoms with Crippen LogP contribution in [0.5, 0.6) is 0 Å². The van der Waals surface area contributed by atoms with Gasteiger partial charge in [-0.1, -0.05) is 18.2 Å². The third kappa shape index (κ3) is 2.68. The van der Waals surface area contributed by atoms with Crippen molar-refractivity contribution in [3.8, 4) is 0 Å². The molecule has 0 aliphatic carbocycles. The van der Waals surface area contributed by atoms with Gasteiger partial charge in [0.25, 0.3) is 0 Å². The maximum atomic E-state index is 6.14. The van der Waals surface area contributed by atoms with E-state index in [0.29, 0.717) is 19.8 Å². The van der Waals surface area contributed by atoms with Gasteiger partial charge in [0.1, 0.15) is 5.60 Å². The normalized spacial score (nSPS) is 23.1. The number of ether oxygens (including phenoxy) is 2. The number of para-hydroxylation sites is 1. The highest BCUT2D eigenvalue weighted by Gasteiger charge is 2.32. The molecule has 0 saturated carbocycles. The number of nitrogens with zero attached hydrogens (tertiary/aromatic N) is 1. The van der Waals surface area contributed by atoms with E-state index in [1.165, 1.54) is 0 Å². The Labute approximate surface area is 118 Å². The van der Waals surface area contributed by atoms with Crippen LogP contribution in [0.3, 0.4) is 0 Å². The van der Waals surface area contributed by atoms with Crippen molar-refractivity contribution in [1.29, 1.82) is 0 Å². The van der Waals surface area contributed by atoms with Gasteiger partial charge in [-0.05, 0) is 30.5 Å². The molecular weight excluding hydrogens is 252 g/mol. The van der Waals surface area contributed by atoms with Gasteiger partial charge in [-0.15, -0.1) is 0 Å². The van der Waals surface area contributed by atoms with Gasteiger partial charge >= 0.3 is 0 Å². The quantitative estimate of drug-likeness (QED) is 0.927. The van der Waals surface area contributed by atoms with Crippen LogP contribution < -0.4 is 5.73 Å². The minimum Gasteiger partial charge on any atom is -0.378 e. The number of nitrogens with two attached hydrogens (primary N) is 1. The number of aromatic nitrogens is 1. The molecule has 1 aliphatic heterocycles. The van der Waals surface area contributed by atoms with Crippen molar-refractivity contribution in [2.45, 2.75) is 25.0 Å². The molecule has 1 unspecified atom stereocenters. The van der Waals surface area contributed by atoms with Crippen LogP contribution in [0, 0.1) is 0 Å². The Morgan fingerprint density at radius 1 is 1.30 bits per heavy atom. The van der Waals surface area contributed by atoms with Crippen LogP contribution in [0.25, 0.3) is 10.9 Å². The zero-order chi connectivity index (χ0) is 13.8. The molecule has 1 saturated heterocycles.